The third kappa shape index (κ3) is 4.43. The Kier molecular flexibility index (Phi) is 6.15. The predicted molar refractivity (Wildman–Crippen MR) is 64.9 cm³/mol. The van der Waals surface area contributed by atoms with E-state index < -0.39 is 25.9 Å². The van der Waals surface area contributed by atoms with Gasteiger partial charge in [-0.1, -0.05) is 20.8 Å². The smallest absolute Gasteiger partial charge is 0.299 e. The lowest BCUT2D eigenvalue weighted by Gasteiger charge is -2.35. The second-order valence-corrected chi connectivity index (χ2v) is 8.84. The number of hydrogen-bond donors (Lipinski definition) is 0. The van der Waals surface area contributed by atoms with E-state index in [2.05, 4.69) is 3.63 Å². The van der Waals surface area contributed by atoms with Crippen molar-refractivity contribution in [2.75, 3.05) is 17.3 Å². The van der Waals surface area contributed by atoms with Crippen molar-refractivity contribution < 1.29 is 30.0 Å². The summed E-state index contributed by atoms with van der Waals surface area (Å²) in [5, 5.41) is 0. The summed E-state index contributed by atoms with van der Waals surface area (Å²) in [6, 6.07) is 0. The molecule has 18 heavy (non-hydrogen) atoms. The molecule has 0 aliphatic rings. The van der Waals surface area contributed by atoms with E-state index in [9.17, 15) is 26.4 Å². The normalized spacial score (nSPS) is 14.6. The molecule has 0 amide bonds. The highest BCUT2D eigenvalue weighted by molar-refractivity contribution is 8.33. The Labute approximate surface area is 107 Å². The summed E-state index contributed by atoms with van der Waals surface area (Å²) in [6.45, 7) is 4.61. The van der Waals surface area contributed by atoms with Gasteiger partial charge >= 0.3 is 15.6 Å². The van der Waals surface area contributed by atoms with Gasteiger partial charge in [0.05, 0.1) is 5.75 Å². The van der Waals surface area contributed by atoms with Crippen LogP contribution in [0.15, 0.2) is 0 Å². The minimum Gasteiger partial charge on any atom is -0.299 e. The first-order valence-electron chi connectivity index (χ1n) is 5.34. The van der Waals surface area contributed by atoms with Gasteiger partial charge in [-0.2, -0.15) is 21.6 Å². The minimum atomic E-state index is -5.65. The quantitative estimate of drug-likeness (QED) is 0.678. The number of carbonyl (C=O) groups excluding carboxylic acids is 1. The zero-order valence-electron chi connectivity index (χ0n) is 10.4. The first-order chi connectivity index (χ1) is 8.03. The standard InChI is InChI=1S/C9H17F3O4S2/c1-4-8(13)7-17(5-2,6-3)16-18(14,15)9(10,11)12/h4-7H2,1-3H3. The third-order valence-corrected chi connectivity index (χ3v) is 7.78. The molecular weight excluding hydrogens is 293 g/mol. The van der Waals surface area contributed by atoms with Crippen LogP contribution in [0.4, 0.5) is 13.2 Å². The summed E-state index contributed by atoms with van der Waals surface area (Å²) in [6.07, 6.45) is 0.143. The molecule has 0 heterocycles. The Balaban J connectivity index is 5.22. The summed E-state index contributed by atoms with van der Waals surface area (Å²) in [7, 11) is -8.23. The van der Waals surface area contributed by atoms with Crippen LogP contribution in [0.5, 0.6) is 0 Å². The van der Waals surface area contributed by atoms with Crippen molar-refractivity contribution in [1.82, 2.24) is 0 Å². The van der Waals surface area contributed by atoms with Gasteiger partial charge in [0.2, 0.25) is 0 Å². The molecule has 110 valence electrons. The highest BCUT2D eigenvalue weighted by atomic mass is 32.3. The van der Waals surface area contributed by atoms with Crippen molar-refractivity contribution in [3.63, 3.8) is 0 Å². The van der Waals surface area contributed by atoms with Crippen molar-refractivity contribution in [2.45, 2.75) is 32.7 Å². The molecule has 4 nitrogen and oxygen atoms in total. The maximum absolute atomic E-state index is 12.3. The van der Waals surface area contributed by atoms with Gasteiger partial charge in [0.25, 0.3) is 0 Å². The number of Topliss-reactive ketones (excluding diaryl/α,β-unsaturated/α-hetero) is 1. The molecule has 0 unspecified atom stereocenters. The molecule has 0 N–H and O–H groups in total. The van der Waals surface area contributed by atoms with Gasteiger partial charge in [-0.3, -0.25) is 4.79 Å². The van der Waals surface area contributed by atoms with Crippen molar-refractivity contribution in [3.8, 4) is 0 Å². The highest BCUT2D eigenvalue weighted by Gasteiger charge is 2.50. The molecule has 0 saturated carbocycles. The zero-order chi connectivity index (χ0) is 14.6. The largest absolute Gasteiger partial charge is 0.523 e. The summed E-state index contributed by atoms with van der Waals surface area (Å²) in [5.74, 6) is -0.382. The van der Waals surface area contributed by atoms with E-state index in [0.29, 0.717) is 0 Å². The molecule has 0 aromatic heterocycles. The van der Waals surface area contributed by atoms with Crippen molar-refractivity contribution in [1.29, 1.82) is 0 Å². The van der Waals surface area contributed by atoms with E-state index in [4.69, 9.17) is 0 Å². The monoisotopic (exact) mass is 310 g/mol. The fourth-order valence-electron chi connectivity index (χ4n) is 1.15. The molecule has 0 aromatic carbocycles. The summed E-state index contributed by atoms with van der Waals surface area (Å²) < 4.78 is 63.2. The van der Waals surface area contributed by atoms with Crippen LogP contribution in [0.25, 0.3) is 0 Å². The molecule has 0 atom stereocenters. The number of halogens is 3. The van der Waals surface area contributed by atoms with Crippen LogP contribution in [0, 0.1) is 0 Å². The van der Waals surface area contributed by atoms with Gasteiger partial charge in [-0.25, -0.2) is 3.63 Å². The highest BCUT2D eigenvalue weighted by Crippen LogP contribution is 2.52. The molecule has 0 fully saturated rings. The lowest BCUT2D eigenvalue weighted by atomic mass is 10.4. The lowest BCUT2D eigenvalue weighted by molar-refractivity contribution is -0.116. The third-order valence-electron chi connectivity index (χ3n) is 2.39. The fraction of sp³-hybridized carbons (Fsp3) is 0.889. The number of alkyl halides is 3. The van der Waals surface area contributed by atoms with Crippen LogP contribution >= 0.6 is 10.3 Å². The van der Waals surface area contributed by atoms with E-state index in [1.54, 1.807) is 6.92 Å². The Bertz CT molecular complexity index is 385. The Hall–Kier alpha value is -0.280. The second kappa shape index (κ2) is 6.25. The molecule has 0 aromatic rings. The molecular formula is C9H17F3O4S2. The Morgan fingerprint density at radius 1 is 1.11 bits per heavy atom. The minimum absolute atomic E-state index is 0.0878. The van der Waals surface area contributed by atoms with E-state index in [1.165, 1.54) is 13.8 Å². The molecule has 0 saturated heterocycles. The van der Waals surface area contributed by atoms with Gasteiger partial charge in [-0.15, -0.1) is 10.3 Å². The molecule has 9 heteroatoms. The number of ketones is 1. The Morgan fingerprint density at radius 2 is 1.56 bits per heavy atom. The van der Waals surface area contributed by atoms with E-state index in [0.717, 1.165) is 0 Å². The first-order valence-corrected chi connectivity index (χ1v) is 8.81. The van der Waals surface area contributed by atoms with Crippen LogP contribution in [-0.2, 0) is 18.5 Å². The fourth-order valence-corrected chi connectivity index (χ4v) is 5.55. The topological polar surface area (TPSA) is 60.4 Å². The van der Waals surface area contributed by atoms with E-state index >= 15 is 0 Å². The van der Waals surface area contributed by atoms with Crippen molar-refractivity contribution in [3.05, 3.63) is 0 Å². The van der Waals surface area contributed by atoms with Crippen molar-refractivity contribution in [2.24, 2.45) is 0 Å². The Morgan fingerprint density at radius 3 is 1.83 bits per heavy atom. The zero-order valence-corrected chi connectivity index (χ0v) is 12.0. The number of carbonyl (C=O) groups is 1. The van der Waals surface area contributed by atoms with Gasteiger partial charge in [0.1, 0.15) is 5.78 Å². The van der Waals surface area contributed by atoms with Crippen LogP contribution in [0.3, 0.4) is 0 Å². The molecule has 0 rings (SSSR count). The van der Waals surface area contributed by atoms with Crippen LogP contribution in [-0.4, -0.2) is 37.0 Å². The maximum Gasteiger partial charge on any atom is 0.523 e. The summed E-state index contributed by atoms with van der Waals surface area (Å²) >= 11 is 0. The van der Waals surface area contributed by atoms with E-state index in [-0.39, 0.29) is 29.5 Å². The molecule has 0 aliphatic carbocycles. The second-order valence-electron chi connectivity index (χ2n) is 3.55. The lowest BCUT2D eigenvalue weighted by Crippen LogP contribution is -2.30. The van der Waals surface area contributed by atoms with Crippen LogP contribution < -0.4 is 0 Å². The van der Waals surface area contributed by atoms with Crippen LogP contribution in [0.2, 0.25) is 0 Å². The molecule has 0 radical (unpaired) electrons. The SMILES string of the molecule is CCC(=O)CS(CC)(CC)OS(=O)(=O)C(F)(F)F. The van der Waals surface area contributed by atoms with E-state index in [1.807, 2.05) is 0 Å². The molecule has 0 aliphatic heterocycles. The van der Waals surface area contributed by atoms with Gasteiger partial charge in [0.15, 0.2) is 0 Å². The van der Waals surface area contributed by atoms with Gasteiger partial charge in [0, 0.05) is 6.42 Å². The first kappa shape index (κ1) is 17.7. The average Bonchev–Trinajstić information content (AvgIpc) is 2.26. The predicted octanol–water partition coefficient (Wildman–Crippen LogP) is 2.59. The van der Waals surface area contributed by atoms with Crippen LogP contribution in [0.1, 0.15) is 27.2 Å². The van der Waals surface area contributed by atoms with Gasteiger partial charge < -0.3 is 0 Å². The average molecular weight is 310 g/mol. The molecule has 0 bridgehead atoms. The number of rotatable bonds is 7. The van der Waals surface area contributed by atoms with Crippen molar-refractivity contribution >= 4 is 26.2 Å². The summed E-state index contributed by atoms with van der Waals surface area (Å²) in [4.78, 5) is 11.3. The maximum atomic E-state index is 12.3. The number of hydrogen-bond acceptors (Lipinski definition) is 4. The molecule has 0 spiro atoms. The summed E-state index contributed by atoms with van der Waals surface area (Å²) in [5.41, 5.74) is -5.45. The van der Waals surface area contributed by atoms with Gasteiger partial charge in [-0.05, 0) is 11.5 Å².